The van der Waals surface area contributed by atoms with E-state index in [0.29, 0.717) is 35.6 Å². The van der Waals surface area contributed by atoms with Crippen LogP contribution in [0.4, 0.5) is 8.78 Å². The molecule has 4 aromatic rings. The van der Waals surface area contributed by atoms with Gasteiger partial charge in [-0.3, -0.25) is 4.79 Å². The van der Waals surface area contributed by atoms with Gasteiger partial charge >= 0.3 is 5.97 Å². The third-order valence-electron chi connectivity index (χ3n) is 7.32. The average Bonchev–Trinajstić information content (AvgIpc) is 3.75. The standard InChI is InChI=1S/C32H27F2NO3S/c1-2-37-31(36)32(13-14-32)19-39-30-24-6-4-3-5-22(24)18-38-29-12-8-20(15-25(29)30)7-10-23-11-9-21-16-26(33)27(34)17-28(21)35-23/h3-12,15-17,30H,2,13-14,18-19H2,1H3. The van der Waals surface area contributed by atoms with Crippen molar-refractivity contribution in [1.82, 2.24) is 4.98 Å². The molecule has 0 N–H and O–H groups in total. The first kappa shape index (κ1) is 25.6. The van der Waals surface area contributed by atoms with Crippen LogP contribution in [0.15, 0.2) is 66.7 Å². The molecule has 4 nitrogen and oxygen atoms in total. The lowest BCUT2D eigenvalue weighted by Crippen LogP contribution is -2.22. The fourth-order valence-electron chi connectivity index (χ4n) is 4.92. The van der Waals surface area contributed by atoms with Gasteiger partial charge in [-0.05, 0) is 66.8 Å². The lowest BCUT2D eigenvalue weighted by molar-refractivity contribution is -0.148. The van der Waals surface area contributed by atoms with E-state index in [1.807, 2.05) is 43.3 Å². The molecular formula is C32H27F2NO3S. The molecule has 1 aromatic heterocycles. The SMILES string of the molecule is CCOC(=O)C1(CSC2c3ccccc3COc3ccc(C=Cc4ccc5cc(F)c(F)cc5n4)cc32)CC1. The number of hydrogen-bond donors (Lipinski definition) is 0. The molecule has 0 radical (unpaired) electrons. The molecule has 39 heavy (non-hydrogen) atoms. The molecule has 1 aliphatic carbocycles. The molecule has 198 valence electrons. The fourth-order valence-corrected chi connectivity index (χ4v) is 6.59. The second-order valence-electron chi connectivity index (χ2n) is 10.0. The number of carbonyl (C=O) groups excluding carboxylic acids is 1. The normalized spacial score (nSPS) is 17.3. The van der Waals surface area contributed by atoms with E-state index < -0.39 is 17.0 Å². The molecule has 1 saturated carbocycles. The molecule has 1 unspecified atom stereocenters. The third kappa shape index (κ3) is 5.15. The largest absolute Gasteiger partial charge is 0.489 e. The molecule has 1 aliphatic heterocycles. The molecule has 3 aromatic carbocycles. The molecule has 2 heterocycles. The Labute approximate surface area is 230 Å². The van der Waals surface area contributed by atoms with Gasteiger partial charge in [-0.2, -0.15) is 0 Å². The van der Waals surface area contributed by atoms with Crippen LogP contribution in [-0.4, -0.2) is 23.3 Å². The van der Waals surface area contributed by atoms with Gasteiger partial charge in [0, 0.05) is 22.8 Å². The van der Waals surface area contributed by atoms with Gasteiger partial charge in [-0.25, -0.2) is 13.8 Å². The predicted molar refractivity (Wildman–Crippen MR) is 150 cm³/mol. The minimum atomic E-state index is -0.915. The quantitative estimate of drug-likeness (QED) is 0.223. The number of carbonyl (C=O) groups is 1. The van der Waals surface area contributed by atoms with E-state index >= 15 is 0 Å². The van der Waals surface area contributed by atoms with E-state index in [-0.39, 0.29) is 11.2 Å². The van der Waals surface area contributed by atoms with Crippen molar-refractivity contribution in [2.45, 2.75) is 31.6 Å². The summed E-state index contributed by atoms with van der Waals surface area (Å²) in [5, 5.41) is 0.540. The van der Waals surface area contributed by atoms with Crippen molar-refractivity contribution in [3.8, 4) is 5.75 Å². The van der Waals surface area contributed by atoms with Crippen molar-refractivity contribution in [2.75, 3.05) is 12.4 Å². The fraction of sp³-hybridized carbons (Fsp3) is 0.250. The van der Waals surface area contributed by atoms with Gasteiger partial charge in [0.15, 0.2) is 11.6 Å². The van der Waals surface area contributed by atoms with Crippen LogP contribution in [0.2, 0.25) is 0 Å². The highest BCUT2D eigenvalue weighted by Crippen LogP contribution is 2.53. The zero-order valence-electron chi connectivity index (χ0n) is 21.5. The highest BCUT2D eigenvalue weighted by atomic mass is 32.2. The van der Waals surface area contributed by atoms with Crippen LogP contribution >= 0.6 is 11.8 Å². The molecule has 1 fully saturated rings. The molecule has 6 rings (SSSR count). The van der Waals surface area contributed by atoms with Crippen LogP contribution in [0.1, 0.15) is 53.0 Å². The first-order valence-corrected chi connectivity index (χ1v) is 14.1. The number of benzene rings is 3. The lowest BCUT2D eigenvalue weighted by atomic mass is 9.98. The third-order valence-corrected chi connectivity index (χ3v) is 8.89. The van der Waals surface area contributed by atoms with Crippen LogP contribution in [-0.2, 0) is 16.1 Å². The zero-order valence-corrected chi connectivity index (χ0v) is 22.3. The maximum Gasteiger partial charge on any atom is 0.312 e. The van der Waals surface area contributed by atoms with Gasteiger partial charge in [-0.1, -0.05) is 42.5 Å². The Kier molecular flexibility index (Phi) is 6.85. The first-order chi connectivity index (χ1) is 19.0. The molecule has 7 heteroatoms. The van der Waals surface area contributed by atoms with Crippen molar-refractivity contribution in [3.05, 3.63) is 106 Å². The topological polar surface area (TPSA) is 48.4 Å². The summed E-state index contributed by atoms with van der Waals surface area (Å²) < 4.78 is 38.9. The second kappa shape index (κ2) is 10.5. The van der Waals surface area contributed by atoms with Gasteiger partial charge in [0.25, 0.3) is 0 Å². The molecule has 0 amide bonds. The van der Waals surface area contributed by atoms with Crippen LogP contribution in [0, 0.1) is 17.0 Å². The van der Waals surface area contributed by atoms with E-state index in [1.165, 1.54) is 5.56 Å². The second-order valence-corrected chi connectivity index (χ2v) is 11.1. The van der Waals surface area contributed by atoms with Crippen molar-refractivity contribution in [1.29, 1.82) is 0 Å². The molecule has 1 atom stereocenters. The number of fused-ring (bicyclic) bond motifs is 3. The van der Waals surface area contributed by atoms with Crippen LogP contribution in [0.25, 0.3) is 23.1 Å². The number of rotatable bonds is 7. The Morgan fingerprint density at radius 1 is 1.05 bits per heavy atom. The van der Waals surface area contributed by atoms with Gasteiger partial charge in [0.2, 0.25) is 0 Å². The van der Waals surface area contributed by atoms with E-state index in [0.717, 1.165) is 47.4 Å². The van der Waals surface area contributed by atoms with Gasteiger partial charge in [0.1, 0.15) is 12.4 Å². The number of ether oxygens (including phenoxy) is 2. The zero-order chi connectivity index (χ0) is 27.0. The van der Waals surface area contributed by atoms with E-state index in [1.54, 1.807) is 23.9 Å². The Hall–Kier alpha value is -3.71. The first-order valence-electron chi connectivity index (χ1n) is 13.0. The Morgan fingerprint density at radius 2 is 1.87 bits per heavy atom. The number of esters is 1. The van der Waals surface area contributed by atoms with Crippen molar-refractivity contribution >= 4 is 40.8 Å². The Bertz CT molecular complexity index is 1600. The number of nitrogens with zero attached hydrogens (tertiary/aromatic N) is 1. The van der Waals surface area contributed by atoms with Gasteiger partial charge < -0.3 is 9.47 Å². The smallest absolute Gasteiger partial charge is 0.312 e. The maximum atomic E-state index is 13.7. The van der Waals surface area contributed by atoms with Crippen LogP contribution < -0.4 is 4.74 Å². The molecular weight excluding hydrogens is 516 g/mol. The lowest BCUT2D eigenvalue weighted by Gasteiger charge is -2.22. The number of thioether (sulfide) groups is 1. The van der Waals surface area contributed by atoms with Gasteiger partial charge in [-0.15, -0.1) is 11.8 Å². The van der Waals surface area contributed by atoms with Crippen LogP contribution in [0.5, 0.6) is 5.75 Å². The number of halogens is 2. The van der Waals surface area contributed by atoms with E-state index in [9.17, 15) is 13.6 Å². The summed E-state index contributed by atoms with van der Waals surface area (Å²) in [4.78, 5) is 17.1. The summed E-state index contributed by atoms with van der Waals surface area (Å²) in [5.74, 6) is -0.394. The monoisotopic (exact) mass is 543 g/mol. The molecule has 2 aliphatic rings. The Balaban J connectivity index is 1.31. The minimum absolute atomic E-state index is 0.00406. The summed E-state index contributed by atoms with van der Waals surface area (Å²) in [6.45, 7) is 2.72. The molecule has 0 bridgehead atoms. The maximum absolute atomic E-state index is 13.7. The number of hydrogen-bond acceptors (Lipinski definition) is 5. The van der Waals surface area contributed by atoms with Crippen molar-refractivity contribution in [2.24, 2.45) is 5.41 Å². The Morgan fingerprint density at radius 3 is 2.69 bits per heavy atom. The summed E-state index contributed by atoms with van der Waals surface area (Å²) in [6.07, 6.45) is 5.52. The number of aromatic nitrogens is 1. The molecule has 0 saturated heterocycles. The van der Waals surface area contributed by atoms with E-state index in [2.05, 4.69) is 23.2 Å². The summed E-state index contributed by atoms with van der Waals surface area (Å²) in [7, 11) is 0. The van der Waals surface area contributed by atoms with E-state index in [4.69, 9.17) is 9.47 Å². The van der Waals surface area contributed by atoms with Crippen LogP contribution in [0.3, 0.4) is 0 Å². The predicted octanol–water partition coefficient (Wildman–Crippen LogP) is 7.74. The molecule has 0 spiro atoms. The minimum Gasteiger partial charge on any atom is -0.489 e. The highest BCUT2D eigenvalue weighted by molar-refractivity contribution is 7.99. The summed E-state index contributed by atoms with van der Waals surface area (Å²) in [5.41, 5.74) is 4.97. The highest BCUT2D eigenvalue weighted by Gasteiger charge is 2.51. The summed E-state index contributed by atoms with van der Waals surface area (Å²) >= 11 is 1.76. The van der Waals surface area contributed by atoms with Gasteiger partial charge in [0.05, 0.1) is 28.5 Å². The summed E-state index contributed by atoms with van der Waals surface area (Å²) in [6, 6.07) is 20.2. The van der Waals surface area contributed by atoms with Crippen molar-refractivity contribution in [3.63, 3.8) is 0 Å². The average molecular weight is 544 g/mol. The number of pyridine rings is 1. The van der Waals surface area contributed by atoms with Crippen molar-refractivity contribution < 1.29 is 23.0 Å².